The second-order valence-electron chi connectivity index (χ2n) is 4.63. The topological polar surface area (TPSA) is 50.7 Å². The molecule has 0 amide bonds. The molecule has 0 unspecified atom stereocenters. The van der Waals surface area contributed by atoms with Gasteiger partial charge in [-0.3, -0.25) is 0 Å². The van der Waals surface area contributed by atoms with Crippen molar-refractivity contribution in [2.45, 2.75) is 13.5 Å². The van der Waals surface area contributed by atoms with Crippen LogP contribution in [0.25, 0.3) is 0 Å². The van der Waals surface area contributed by atoms with Crippen LogP contribution >= 0.6 is 11.6 Å². The maximum atomic E-state index is 9.90. The fourth-order valence-corrected chi connectivity index (χ4v) is 2.38. The highest BCUT2D eigenvalue weighted by molar-refractivity contribution is 6.33. The first-order chi connectivity index (χ1) is 10.1. The van der Waals surface area contributed by atoms with Crippen molar-refractivity contribution in [1.29, 1.82) is 0 Å². The van der Waals surface area contributed by atoms with Gasteiger partial charge in [-0.05, 0) is 36.2 Å². The summed E-state index contributed by atoms with van der Waals surface area (Å²) in [7, 11) is 3.01. The summed E-state index contributed by atoms with van der Waals surface area (Å²) >= 11 is 6.19. The zero-order valence-corrected chi connectivity index (χ0v) is 13.0. The van der Waals surface area contributed by atoms with E-state index in [2.05, 4.69) is 5.32 Å². The van der Waals surface area contributed by atoms with Crippen LogP contribution in [0.3, 0.4) is 0 Å². The van der Waals surface area contributed by atoms with Crippen molar-refractivity contribution in [2.24, 2.45) is 0 Å². The molecule has 2 rings (SSSR count). The summed E-state index contributed by atoms with van der Waals surface area (Å²) in [6.45, 7) is 2.53. The molecular formula is C16H18ClNO3. The van der Waals surface area contributed by atoms with Crippen LogP contribution in [0.5, 0.6) is 17.2 Å². The maximum absolute atomic E-state index is 9.90. The Morgan fingerprint density at radius 3 is 2.29 bits per heavy atom. The van der Waals surface area contributed by atoms with Gasteiger partial charge in [0.05, 0.1) is 24.9 Å². The Morgan fingerprint density at radius 2 is 1.76 bits per heavy atom. The maximum Gasteiger partial charge on any atom is 0.200 e. The summed E-state index contributed by atoms with van der Waals surface area (Å²) in [6, 6.07) is 9.27. The molecule has 0 heterocycles. The fraction of sp³-hybridized carbons (Fsp3) is 0.250. The van der Waals surface area contributed by atoms with Gasteiger partial charge < -0.3 is 19.9 Å². The molecule has 0 fully saturated rings. The quantitative estimate of drug-likeness (QED) is 0.877. The first-order valence-electron chi connectivity index (χ1n) is 6.49. The SMILES string of the molecule is COc1cc(CNc2c(C)cccc2Cl)cc(OC)c1O. The van der Waals surface area contributed by atoms with Crippen LogP contribution in [0.4, 0.5) is 5.69 Å². The summed E-state index contributed by atoms with van der Waals surface area (Å²) in [5.41, 5.74) is 2.88. The van der Waals surface area contributed by atoms with E-state index in [1.807, 2.05) is 25.1 Å². The molecule has 0 saturated heterocycles. The minimum atomic E-state index is -0.00215. The molecule has 0 aromatic heterocycles. The van der Waals surface area contributed by atoms with Crippen LogP contribution in [0.2, 0.25) is 5.02 Å². The molecule has 2 aromatic rings. The Labute approximate surface area is 129 Å². The third kappa shape index (κ3) is 3.34. The molecule has 0 bridgehead atoms. The molecule has 2 N–H and O–H groups in total. The van der Waals surface area contributed by atoms with Crippen molar-refractivity contribution in [1.82, 2.24) is 0 Å². The first kappa shape index (κ1) is 15.3. The molecule has 5 heteroatoms. The number of para-hydroxylation sites is 1. The number of aryl methyl sites for hydroxylation is 1. The van der Waals surface area contributed by atoms with Crippen molar-refractivity contribution in [2.75, 3.05) is 19.5 Å². The first-order valence-corrected chi connectivity index (χ1v) is 6.87. The van der Waals surface area contributed by atoms with E-state index in [0.717, 1.165) is 16.8 Å². The number of ether oxygens (including phenoxy) is 2. The number of anilines is 1. The van der Waals surface area contributed by atoms with Gasteiger partial charge in [-0.1, -0.05) is 23.7 Å². The Bertz CT molecular complexity index is 598. The van der Waals surface area contributed by atoms with Crippen molar-refractivity contribution in [3.05, 3.63) is 46.5 Å². The number of nitrogens with one attached hydrogen (secondary N) is 1. The predicted octanol–water partition coefficient (Wildman–Crippen LogP) is 3.98. The molecule has 0 radical (unpaired) electrons. The number of hydrogen-bond acceptors (Lipinski definition) is 4. The van der Waals surface area contributed by atoms with Gasteiger partial charge in [0.25, 0.3) is 0 Å². The Morgan fingerprint density at radius 1 is 1.14 bits per heavy atom. The van der Waals surface area contributed by atoms with Gasteiger partial charge in [0, 0.05) is 6.54 Å². The highest BCUT2D eigenvalue weighted by Crippen LogP contribution is 2.37. The standard InChI is InChI=1S/C16H18ClNO3/c1-10-5-4-6-12(17)15(10)18-9-11-7-13(20-2)16(19)14(8-11)21-3/h4-8,18-19H,9H2,1-3H3. The molecule has 0 atom stereocenters. The summed E-state index contributed by atoms with van der Waals surface area (Å²) in [4.78, 5) is 0. The average Bonchev–Trinajstić information content (AvgIpc) is 2.48. The van der Waals surface area contributed by atoms with E-state index in [0.29, 0.717) is 23.1 Å². The highest BCUT2D eigenvalue weighted by atomic mass is 35.5. The Kier molecular flexibility index (Phi) is 4.81. The lowest BCUT2D eigenvalue weighted by Crippen LogP contribution is -2.02. The molecule has 112 valence electrons. The van der Waals surface area contributed by atoms with E-state index in [1.54, 1.807) is 12.1 Å². The molecule has 21 heavy (non-hydrogen) atoms. The van der Waals surface area contributed by atoms with Crippen molar-refractivity contribution in [3.8, 4) is 17.2 Å². The average molecular weight is 308 g/mol. The summed E-state index contributed by atoms with van der Waals surface area (Å²) in [5, 5.41) is 13.9. The predicted molar refractivity (Wildman–Crippen MR) is 84.7 cm³/mol. The highest BCUT2D eigenvalue weighted by Gasteiger charge is 2.11. The van der Waals surface area contributed by atoms with Crippen molar-refractivity contribution >= 4 is 17.3 Å². The minimum Gasteiger partial charge on any atom is -0.502 e. The molecule has 0 aliphatic heterocycles. The lowest BCUT2D eigenvalue weighted by molar-refractivity contribution is 0.339. The number of aromatic hydroxyl groups is 1. The molecule has 0 aliphatic rings. The molecule has 0 aliphatic carbocycles. The van der Waals surface area contributed by atoms with Crippen molar-refractivity contribution < 1.29 is 14.6 Å². The third-order valence-corrected chi connectivity index (χ3v) is 3.55. The van der Waals surface area contributed by atoms with Crippen LogP contribution in [0, 0.1) is 6.92 Å². The molecule has 2 aromatic carbocycles. The van der Waals surface area contributed by atoms with E-state index in [4.69, 9.17) is 21.1 Å². The van der Waals surface area contributed by atoms with Crippen LogP contribution in [-0.4, -0.2) is 19.3 Å². The van der Waals surface area contributed by atoms with Gasteiger partial charge in [0.1, 0.15) is 0 Å². The number of benzene rings is 2. The van der Waals surface area contributed by atoms with Crippen LogP contribution < -0.4 is 14.8 Å². The van der Waals surface area contributed by atoms with Gasteiger partial charge in [0.15, 0.2) is 11.5 Å². The number of rotatable bonds is 5. The van der Waals surface area contributed by atoms with Gasteiger partial charge in [-0.15, -0.1) is 0 Å². The second-order valence-corrected chi connectivity index (χ2v) is 5.04. The van der Waals surface area contributed by atoms with Gasteiger partial charge >= 0.3 is 0 Å². The molecular weight excluding hydrogens is 290 g/mol. The smallest absolute Gasteiger partial charge is 0.200 e. The number of methoxy groups -OCH3 is 2. The molecule has 0 spiro atoms. The van der Waals surface area contributed by atoms with Crippen LogP contribution in [0.1, 0.15) is 11.1 Å². The normalized spacial score (nSPS) is 10.3. The summed E-state index contributed by atoms with van der Waals surface area (Å²) in [5.74, 6) is 0.752. The van der Waals surface area contributed by atoms with E-state index in [9.17, 15) is 5.11 Å². The fourth-order valence-electron chi connectivity index (χ4n) is 2.10. The molecule has 4 nitrogen and oxygen atoms in total. The monoisotopic (exact) mass is 307 g/mol. The zero-order valence-electron chi connectivity index (χ0n) is 12.2. The summed E-state index contributed by atoms with van der Waals surface area (Å²) < 4.78 is 10.3. The Hall–Kier alpha value is -2.07. The van der Waals surface area contributed by atoms with E-state index < -0.39 is 0 Å². The minimum absolute atomic E-state index is 0.00215. The van der Waals surface area contributed by atoms with E-state index in [1.165, 1.54) is 14.2 Å². The summed E-state index contributed by atoms with van der Waals surface area (Å²) in [6.07, 6.45) is 0. The van der Waals surface area contributed by atoms with Gasteiger partial charge in [-0.25, -0.2) is 0 Å². The number of phenolic OH excluding ortho intramolecular Hbond substituents is 1. The van der Waals surface area contributed by atoms with Crippen molar-refractivity contribution in [3.63, 3.8) is 0 Å². The largest absolute Gasteiger partial charge is 0.502 e. The van der Waals surface area contributed by atoms with E-state index >= 15 is 0 Å². The number of hydrogen-bond donors (Lipinski definition) is 2. The molecule has 0 saturated carbocycles. The van der Waals surface area contributed by atoms with Crippen LogP contribution in [-0.2, 0) is 6.54 Å². The number of halogens is 1. The van der Waals surface area contributed by atoms with E-state index in [-0.39, 0.29) is 5.75 Å². The lowest BCUT2D eigenvalue weighted by Gasteiger charge is -2.14. The van der Waals surface area contributed by atoms with Gasteiger partial charge in [0.2, 0.25) is 5.75 Å². The Balaban J connectivity index is 2.24. The lowest BCUT2D eigenvalue weighted by atomic mass is 10.1. The van der Waals surface area contributed by atoms with Gasteiger partial charge in [-0.2, -0.15) is 0 Å². The second kappa shape index (κ2) is 6.59. The number of phenols is 1. The zero-order chi connectivity index (χ0) is 15.4. The van der Waals surface area contributed by atoms with Crippen LogP contribution in [0.15, 0.2) is 30.3 Å². The third-order valence-electron chi connectivity index (χ3n) is 3.23.